The average Bonchev–Trinajstić information content (AvgIpc) is 2.76. The first-order valence-corrected chi connectivity index (χ1v) is 7.08. The third-order valence-corrected chi connectivity index (χ3v) is 3.51. The number of hydrogen-bond donors (Lipinski definition) is 1. The van der Waals surface area contributed by atoms with Gasteiger partial charge in [0.25, 0.3) is 0 Å². The second kappa shape index (κ2) is 5.86. The van der Waals surface area contributed by atoms with Gasteiger partial charge in [-0.1, -0.05) is 12.1 Å². The minimum atomic E-state index is 0.582. The number of fused-ring (bicyclic) bond motifs is 1. The van der Waals surface area contributed by atoms with E-state index in [4.69, 9.17) is 10.5 Å². The highest BCUT2D eigenvalue weighted by Gasteiger charge is 2.15. The lowest BCUT2D eigenvalue weighted by Crippen LogP contribution is -2.26. The summed E-state index contributed by atoms with van der Waals surface area (Å²) in [5, 5.41) is 4.21. The van der Waals surface area contributed by atoms with E-state index in [-0.39, 0.29) is 0 Å². The quantitative estimate of drug-likeness (QED) is 0.926. The summed E-state index contributed by atoms with van der Waals surface area (Å²) in [6.07, 6.45) is 4.02. The van der Waals surface area contributed by atoms with Crippen LogP contribution in [0.2, 0.25) is 0 Å². The molecule has 3 rings (SSSR count). The number of nitrogens with zero attached hydrogens (tertiary/aromatic N) is 3. The summed E-state index contributed by atoms with van der Waals surface area (Å²) in [5.74, 6) is 1.58. The molecule has 0 unspecified atom stereocenters. The van der Waals surface area contributed by atoms with Gasteiger partial charge < -0.3 is 15.4 Å². The van der Waals surface area contributed by atoms with Crippen LogP contribution in [0.1, 0.15) is 12.8 Å². The van der Waals surface area contributed by atoms with Gasteiger partial charge in [-0.2, -0.15) is 5.10 Å². The molecule has 5 heteroatoms. The largest absolute Gasteiger partial charge is 0.491 e. The van der Waals surface area contributed by atoms with Gasteiger partial charge in [-0.25, -0.2) is 0 Å². The van der Waals surface area contributed by atoms with E-state index in [0.717, 1.165) is 44.8 Å². The van der Waals surface area contributed by atoms with Crippen LogP contribution in [0.3, 0.4) is 0 Å². The Morgan fingerprint density at radius 2 is 2.10 bits per heavy atom. The number of nitrogen functional groups attached to an aromatic ring is 1. The molecule has 106 valence electrons. The fourth-order valence-electron chi connectivity index (χ4n) is 2.56. The van der Waals surface area contributed by atoms with Gasteiger partial charge in [-0.3, -0.25) is 4.68 Å². The highest BCUT2D eigenvalue weighted by Crippen LogP contribution is 2.30. The van der Waals surface area contributed by atoms with Crippen molar-refractivity contribution in [2.24, 2.45) is 0 Å². The van der Waals surface area contributed by atoms with E-state index >= 15 is 0 Å². The van der Waals surface area contributed by atoms with Crippen molar-refractivity contribution in [3.05, 3.63) is 36.5 Å². The topological polar surface area (TPSA) is 56.3 Å². The Hall–Kier alpha value is -2.17. The predicted octanol–water partition coefficient (Wildman–Crippen LogP) is 2.14. The Balaban J connectivity index is 1.62. The van der Waals surface area contributed by atoms with Crippen molar-refractivity contribution in [3.63, 3.8) is 0 Å². The molecule has 20 heavy (non-hydrogen) atoms. The smallest absolute Gasteiger partial charge is 0.145 e. The molecule has 0 bridgehead atoms. The Morgan fingerprint density at radius 3 is 2.95 bits per heavy atom. The number of aromatic nitrogens is 2. The van der Waals surface area contributed by atoms with Crippen LogP contribution in [-0.4, -0.2) is 29.5 Å². The van der Waals surface area contributed by atoms with E-state index in [9.17, 15) is 0 Å². The highest BCUT2D eigenvalue weighted by atomic mass is 16.5. The van der Waals surface area contributed by atoms with Gasteiger partial charge >= 0.3 is 0 Å². The number of ether oxygens (including phenoxy) is 1. The minimum absolute atomic E-state index is 0.582. The Labute approximate surface area is 118 Å². The summed E-state index contributed by atoms with van der Waals surface area (Å²) in [7, 11) is 0. The van der Waals surface area contributed by atoms with E-state index in [2.05, 4.69) is 22.1 Å². The van der Waals surface area contributed by atoms with Crippen LogP contribution in [0.25, 0.3) is 0 Å². The van der Waals surface area contributed by atoms with Crippen LogP contribution in [0.15, 0.2) is 36.5 Å². The first-order valence-electron chi connectivity index (χ1n) is 7.08. The van der Waals surface area contributed by atoms with Crippen molar-refractivity contribution in [1.82, 2.24) is 9.78 Å². The minimum Gasteiger partial charge on any atom is -0.491 e. The number of anilines is 2. The lowest BCUT2D eigenvalue weighted by Gasteiger charge is -2.23. The van der Waals surface area contributed by atoms with Crippen molar-refractivity contribution in [2.45, 2.75) is 19.4 Å². The third-order valence-electron chi connectivity index (χ3n) is 3.51. The summed E-state index contributed by atoms with van der Waals surface area (Å²) in [6, 6.07) is 10.1. The molecular formula is C15H20N4O. The molecular weight excluding hydrogens is 252 g/mol. The van der Waals surface area contributed by atoms with Crippen LogP contribution in [-0.2, 0) is 6.54 Å². The van der Waals surface area contributed by atoms with Crippen LogP contribution >= 0.6 is 0 Å². The number of aryl methyl sites for hydroxylation is 1. The lowest BCUT2D eigenvalue weighted by atomic mass is 10.2. The molecule has 5 nitrogen and oxygen atoms in total. The average molecular weight is 272 g/mol. The van der Waals surface area contributed by atoms with Gasteiger partial charge in [0.2, 0.25) is 0 Å². The van der Waals surface area contributed by atoms with E-state index in [1.165, 1.54) is 5.69 Å². The number of para-hydroxylation sites is 2. The van der Waals surface area contributed by atoms with E-state index in [1.54, 1.807) is 0 Å². The van der Waals surface area contributed by atoms with Crippen molar-refractivity contribution in [2.75, 3.05) is 30.3 Å². The molecule has 1 aromatic heterocycles. The number of hydrogen-bond acceptors (Lipinski definition) is 4. The van der Waals surface area contributed by atoms with Crippen LogP contribution < -0.4 is 15.4 Å². The molecule has 0 atom stereocenters. The monoisotopic (exact) mass is 272 g/mol. The molecule has 2 heterocycles. The van der Waals surface area contributed by atoms with E-state index in [1.807, 2.05) is 29.1 Å². The molecule has 0 aliphatic carbocycles. The Bertz CT molecular complexity index is 567. The van der Waals surface area contributed by atoms with Crippen LogP contribution in [0, 0.1) is 0 Å². The second-order valence-electron chi connectivity index (χ2n) is 5.01. The van der Waals surface area contributed by atoms with Crippen molar-refractivity contribution >= 4 is 11.5 Å². The SMILES string of the molecule is Nc1ccn(CCCN2CCCOc3ccccc32)n1. The number of nitrogens with two attached hydrogens (primary N) is 1. The molecule has 0 fully saturated rings. The Morgan fingerprint density at radius 1 is 1.20 bits per heavy atom. The van der Waals surface area contributed by atoms with Gasteiger partial charge in [-0.15, -0.1) is 0 Å². The van der Waals surface area contributed by atoms with Crippen molar-refractivity contribution in [1.29, 1.82) is 0 Å². The normalized spacial score (nSPS) is 14.5. The maximum atomic E-state index is 5.77. The van der Waals surface area contributed by atoms with Gasteiger partial charge in [0.1, 0.15) is 11.6 Å². The zero-order valence-corrected chi connectivity index (χ0v) is 11.5. The van der Waals surface area contributed by atoms with Crippen molar-refractivity contribution < 1.29 is 4.74 Å². The fourth-order valence-corrected chi connectivity index (χ4v) is 2.56. The highest BCUT2D eigenvalue weighted by molar-refractivity contribution is 5.58. The molecule has 2 N–H and O–H groups in total. The fraction of sp³-hybridized carbons (Fsp3) is 0.400. The summed E-state index contributed by atoms with van der Waals surface area (Å²) >= 11 is 0. The van der Waals surface area contributed by atoms with Crippen LogP contribution in [0.4, 0.5) is 11.5 Å². The van der Waals surface area contributed by atoms with Crippen molar-refractivity contribution in [3.8, 4) is 5.75 Å². The summed E-state index contributed by atoms with van der Waals surface area (Å²) in [5.41, 5.74) is 6.82. The third kappa shape index (κ3) is 2.87. The molecule has 1 aromatic carbocycles. The molecule has 0 spiro atoms. The van der Waals surface area contributed by atoms with E-state index in [0.29, 0.717) is 5.82 Å². The predicted molar refractivity (Wildman–Crippen MR) is 80.0 cm³/mol. The number of rotatable bonds is 4. The molecule has 0 saturated heterocycles. The Kier molecular flexibility index (Phi) is 3.76. The van der Waals surface area contributed by atoms with Crippen LogP contribution in [0.5, 0.6) is 5.75 Å². The van der Waals surface area contributed by atoms with E-state index < -0.39 is 0 Å². The van der Waals surface area contributed by atoms with Gasteiger partial charge in [-0.05, 0) is 31.0 Å². The van der Waals surface area contributed by atoms with Gasteiger partial charge in [0.15, 0.2) is 0 Å². The summed E-state index contributed by atoms with van der Waals surface area (Å²) in [6.45, 7) is 3.72. The zero-order valence-electron chi connectivity index (χ0n) is 11.5. The maximum Gasteiger partial charge on any atom is 0.145 e. The molecule has 1 aliphatic heterocycles. The number of benzene rings is 1. The first-order chi connectivity index (χ1) is 9.83. The lowest BCUT2D eigenvalue weighted by molar-refractivity contribution is 0.322. The molecule has 0 saturated carbocycles. The first kappa shape index (κ1) is 12.8. The molecule has 2 aromatic rings. The summed E-state index contributed by atoms with van der Waals surface area (Å²) < 4.78 is 7.67. The standard InChI is InChI=1S/C15H20N4O/c16-15-7-11-19(17-15)10-3-8-18-9-4-12-20-14-6-2-1-5-13(14)18/h1-2,5-7,11H,3-4,8-10,12H2,(H2,16,17). The van der Waals surface area contributed by atoms with Gasteiger partial charge in [0, 0.05) is 25.8 Å². The van der Waals surface area contributed by atoms with Gasteiger partial charge in [0.05, 0.1) is 12.3 Å². The zero-order chi connectivity index (χ0) is 13.8. The molecule has 0 amide bonds. The maximum absolute atomic E-state index is 5.77. The molecule has 1 aliphatic rings. The summed E-state index contributed by atoms with van der Waals surface area (Å²) in [4.78, 5) is 2.40. The molecule has 0 radical (unpaired) electrons. The second-order valence-corrected chi connectivity index (χ2v) is 5.01.